The molecule has 0 atom stereocenters. The molecule has 0 saturated heterocycles. The normalized spacial score (nSPS) is 10.8. The molecule has 0 aliphatic heterocycles. The van der Waals surface area contributed by atoms with Crippen LogP contribution in [0, 0.1) is 6.92 Å². The third kappa shape index (κ3) is 5.02. The van der Waals surface area contributed by atoms with E-state index < -0.39 is 17.2 Å². The zero-order chi connectivity index (χ0) is 25.1. The van der Waals surface area contributed by atoms with Crippen LogP contribution in [0.15, 0.2) is 76.3 Å². The van der Waals surface area contributed by atoms with E-state index >= 15 is 0 Å². The van der Waals surface area contributed by atoms with Crippen molar-refractivity contribution in [1.29, 1.82) is 0 Å². The minimum Gasteiger partial charge on any atom is -0.359 e. The van der Waals surface area contributed by atoms with Crippen molar-refractivity contribution in [2.75, 3.05) is 12.4 Å². The minimum atomic E-state index is -0.655. The summed E-state index contributed by atoms with van der Waals surface area (Å²) in [5, 5.41) is 5.96. The minimum absolute atomic E-state index is 0.150. The van der Waals surface area contributed by atoms with Crippen molar-refractivity contribution < 1.29 is 9.59 Å². The molecule has 35 heavy (non-hydrogen) atoms. The van der Waals surface area contributed by atoms with E-state index in [1.807, 2.05) is 13.0 Å². The molecule has 0 saturated carbocycles. The van der Waals surface area contributed by atoms with Crippen LogP contribution in [0.1, 0.15) is 11.1 Å². The van der Waals surface area contributed by atoms with Crippen LogP contribution in [0.3, 0.4) is 0 Å². The SMILES string of the molecule is CNC(=O)Cc1ccc(-n2c(=O)c3ccccc3n(CC(=O)Nc3ccc(C)cc3Cl)c2=O)cc1. The largest absolute Gasteiger partial charge is 0.359 e. The summed E-state index contributed by atoms with van der Waals surface area (Å²) in [5.74, 6) is -0.614. The summed E-state index contributed by atoms with van der Waals surface area (Å²) in [6.45, 7) is 1.57. The van der Waals surface area contributed by atoms with Gasteiger partial charge in [-0.1, -0.05) is 41.9 Å². The second kappa shape index (κ2) is 9.99. The summed E-state index contributed by atoms with van der Waals surface area (Å²) < 4.78 is 2.28. The quantitative estimate of drug-likeness (QED) is 0.433. The summed E-state index contributed by atoms with van der Waals surface area (Å²) in [7, 11) is 1.55. The van der Waals surface area contributed by atoms with Crippen LogP contribution in [0.2, 0.25) is 5.02 Å². The molecule has 0 aliphatic rings. The number of fused-ring (bicyclic) bond motifs is 1. The van der Waals surface area contributed by atoms with E-state index in [0.717, 1.165) is 15.7 Å². The van der Waals surface area contributed by atoms with Crippen LogP contribution in [-0.4, -0.2) is 28.0 Å². The number of hydrogen-bond acceptors (Lipinski definition) is 4. The molecular weight excluding hydrogens is 468 g/mol. The van der Waals surface area contributed by atoms with Gasteiger partial charge in [0.25, 0.3) is 5.56 Å². The molecule has 0 spiro atoms. The number of nitrogens with zero attached hydrogens (tertiary/aromatic N) is 2. The van der Waals surface area contributed by atoms with Crippen molar-refractivity contribution in [2.45, 2.75) is 19.9 Å². The second-order valence-electron chi connectivity index (χ2n) is 8.07. The highest BCUT2D eigenvalue weighted by Gasteiger charge is 2.17. The molecule has 2 N–H and O–H groups in total. The second-order valence-corrected chi connectivity index (χ2v) is 8.48. The number of rotatable bonds is 6. The number of benzene rings is 3. The highest BCUT2D eigenvalue weighted by Crippen LogP contribution is 2.22. The topological polar surface area (TPSA) is 102 Å². The molecule has 178 valence electrons. The van der Waals surface area contributed by atoms with Crippen LogP contribution in [-0.2, 0) is 22.6 Å². The fourth-order valence-electron chi connectivity index (χ4n) is 3.79. The lowest BCUT2D eigenvalue weighted by molar-refractivity contribution is -0.120. The highest BCUT2D eigenvalue weighted by atomic mass is 35.5. The fourth-order valence-corrected chi connectivity index (χ4v) is 4.08. The molecule has 2 amide bonds. The Hall–Kier alpha value is -4.17. The lowest BCUT2D eigenvalue weighted by atomic mass is 10.1. The molecule has 3 aromatic carbocycles. The molecule has 4 rings (SSSR count). The van der Waals surface area contributed by atoms with E-state index in [4.69, 9.17) is 11.6 Å². The van der Waals surface area contributed by atoms with Gasteiger partial charge in [0.15, 0.2) is 0 Å². The van der Waals surface area contributed by atoms with E-state index in [1.54, 1.807) is 67.7 Å². The number of nitrogens with one attached hydrogen (secondary N) is 2. The standard InChI is InChI=1S/C26H23ClN4O4/c1-16-7-12-21(20(27)13-16)29-24(33)15-30-22-6-4-3-5-19(22)25(34)31(26(30)35)18-10-8-17(9-11-18)14-23(32)28-2/h3-13H,14-15H2,1-2H3,(H,28,32)(H,29,33). The van der Waals surface area contributed by atoms with Crippen molar-refractivity contribution in [3.8, 4) is 5.69 Å². The number of amides is 2. The Kier molecular flexibility index (Phi) is 6.84. The zero-order valence-electron chi connectivity index (χ0n) is 19.2. The van der Waals surface area contributed by atoms with Gasteiger partial charge in [0.1, 0.15) is 6.54 Å². The Morgan fingerprint density at radius 3 is 2.34 bits per heavy atom. The van der Waals surface area contributed by atoms with Crippen molar-refractivity contribution in [3.63, 3.8) is 0 Å². The van der Waals surface area contributed by atoms with Gasteiger partial charge in [-0.05, 0) is 54.4 Å². The number of hydrogen-bond donors (Lipinski definition) is 2. The number of carbonyl (C=O) groups excluding carboxylic acids is 2. The molecule has 0 unspecified atom stereocenters. The van der Waals surface area contributed by atoms with Crippen LogP contribution >= 0.6 is 11.6 Å². The third-order valence-electron chi connectivity index (χ3n) is 5.59. The molecule has 0 aliphatic carbocycles. The molecule has 1 aromatic heterocycles. The molecular formula is C26H23ClN4O4. The van der Waals surface area contributed by atoms with E-state index in [0.29, 0.717) is 27.3 Å². The molecule has 1 heterocycles. The summed E-state index contributed by atoms with van der Waals surface area (Å²) >= 11 is 6.23. The van der Waals surface area contributed by atoms with Crippen LogP contribution < -0.4 is 21.9 Å². The molecule has 0 bridgehead atoms. The zero-order valence-corrected chi connectivity index (χ0v) is 19.9. The summed E-state index contributed by atoms with van der Waals surface area (Å²) in [6, 6.07) is 18.4. The number of anilines is 1. The van der Waals surface area contributed by atoms with Gasteiger partial charge in [-0.25, -0.2) is 9.36 Å². The maximum Gasteiger partial charge on any atom is 0.336 e. The Morgan fingerprint density at radius 2 is 1.66 bits per heavy atom. The Morgan fingerprint density at radius 1 is 0.943 bits per heavy atom. The third-order valence-corrected chi connectivity index (χ3v) is 5.90. The highest BCUT2D eigenvalue weighted by molar-refractivity contribution is 6.33. The first-order valence-corrected chi connectivity index (χ1v) is 11.3. The fraction of sp³-hybridized carbons (Fsp3) is 0.154. The monoisotopic (exact) mass is 490 g/mol. The first-order chi connectivity index (χ1) is 16.8. The molecule has 8 nitrogen and oxygen atoms in total. The Labute approximate surface area is 205 Å². The van der Waals surface area contributed by atoms with Crippen molar-refractivity contribution in [2.24, 2.45) is 0 Å². The van der Waals surface area contributed by atoms with Gasteiger partial charge in [0.05, 0.1) is 33.7 Å². The maximum absolute atomic E-state index is 13.5. The van der Waals surface area contributed by atoms with E-state index in [1.165, 1.54) is 4.57 Å². The van der Waals surface area contributed by atoms with Gasteiger partial charge in [0, 0.05) is 7.05 Å². The first-order valence-electron chi connectivity index (χ1n) is 10.9. The van der Waals surface area contributed by atoms with Crippen molar-refractivity contribution in [1.82, 2.24) is 14.5 Å². The van der Waals surface area contributed by atoms with Gasteiger partial charge >= 0.3 is 5.69 Å². The Bertz CT molecular complexity index is 1550. The number of aromatic nitrogens is 2. The average Bonchev–Trinajstić information content (AvgIpc) is 2.84. The summed E-state index contributed by atoms with van der Waals surface area (Å²) in [6.07, 6.45) is 0.176. The van der Waals surface area contributed by atoms with Crippen LogP contribution in [0.25, 0.3) is 16.6 Å². The van der Waals surface area contributed by atoms with Crippen LogP contribution in [0.5, 0.6) is 0 Å². The number of halogens is 1. The molecule has 0 radical (unpaired) electrons. The van der Waals surface area contributed by atoms with Gasteiger partial charge in [-0.2, -0.15) is 0 Å². The van der Waals surface area contributed by atoms with Gasteiger partial charge in [0.2, 0.25) is 11.8 Å². The van der Waals surface area contributed by atoms with E-state index in [2.05, 4.69) is 10.6 Å². The van der Waals surface area contributed by atoms with Gasteiger partial charge in [-0.3, -0.25) is 19.0 Å². The van der Waals surface area contributed by atoms with Gasteiger partial charge < -0.3 is 10.6 Å². The predicted octanol–water partition coefficient (Wildman–Crippen LogP) is 3.04. The van der Waals surface area contributed by atoms with Crippen LogP contribution in [0.4, 0.5) is 5.69 Å². The predicted molar refractivity (Wildman–Crippen MR) is 136 cm³/mol. The van der Waals surface area contributed by atoms with E-state index in [-0.39, 0.29) is 18.9 Å². The number of aryl methyl sites for hydroxylation is 1. The Balaban J connectivity index is 1.75. The maximum atomic E-state index is 13.5. The van der Waals surface area contributed by atoms with E-state index in [9.17, 15) is 19.2 Å². The summed E-state index contributed by atoms with van der Waals surface area (Å²) in [4.78, 5) is 51.2. The number of carbonyl (C=O) groups is 2. The molecule has 4 aromatic rings. The first kappa shape index (κ1) is 24.0. The lowest BCUT2D eigenvalue weighted by Crippen LogP contribution is -2.40. The molecule has 9 heteroatoms. The number of para-hydroxylation sites is 1. The van der Waals surface area contributed by atoms with Crippen molar-refractivity contribution >= 4 is 40.0 Å². The number of likely N-dealkylation sites (N-methyl/N-ethyl adjacent to an activating group) is 1. The molecule has 0 fully saturated rings. The summed E-state index contributed by atoms with van der Waals surface area (Å²) in [5.41, 5.74) is 1.64. The smallest absolute Gasteiger partial charge is 0.336 e. The average molecular weight is 491 g/mol. The van der Waals surface area contributed by atoms with Gasteiger partial charge in [-0.15, -0.1) is 0 Å². The van der Waals surface area contributed by atoms with Crippen molar-refractivity contribution in [3.05, 3.63) is 104 Å². The lowest BCUT2D eigenvalue weighted by Gasteiger charge is -2.15.